The molecule has 1 aliphatic rings. The standard InChI is InChI=1S/C11H17BN2O/c12-15-9-11-8-13-6-7-14(11)10-4-2-1-3-5-10/h1-5,11,13H,6-9,12H2. The monoisotopic (exact) mass is 204 g/mol. The second-order valence-electron chi connectivity index (χ2n) is 3.84. The number of hydrogen-bond donors (Lipinski definition) is 1. The fraction of sp³-hybridized carbons (Fsp3) is 0.455. The second kappa shape index (κ2) is 5.19. The Kier molecular flexibility index (Phi) is 3.64. The first-order chi connectivity index (χ1) is 7.42. The maximum Gasteiger partial charge on any atom is 0.257 e. The van der Waals surface area contributed by atoms with Crippen molar-refractivity contribution < 1.29 is 4.65 Å². The summed E-state index contributed by atoms with van der Waals surface area (Å²) in [5, 5.41) is 3.40. The first-order valence-electron chi connectivity index (χ1n) is 5.43. The van der Waals surface area contributed by atoms with E-state index in [-0.39, 0.29) is 0 Å². The minimum Gasteiger partial charge on any atom is -0.442 e. The minimum atomic E-state index is 0.450. The smallest absolute Gasteiger partial charge is 0.257 e. The third-order valence-corrected chi connectivity index (χ3v) is 2.80. The van der Waals surface area contributed by atoms with E-state index in [0.717, 1.165) is 26.2 Å². The van der Waals surface area contributed by atoms with E-state index in [2.05, 4.69) is 40.5 Å². The van der Waals surface area contributed by atoms with Crippen LogP contribution in [0.5, 0.6) is 0 Å². The lowest BCUT2D eigenvalue weighted by molar-refractivity contribution is 0.288. The maximum atomic E-state index is 5.25. The van der Waals surface area contributed by atoms with Gasteiger partial charge in [-0.15, -0.1) is 0 Å². The van der Waals surface area contributed by atoms with Gasteiger partial charge in [-0.05, 0) is 12.1 Å². The first-order valence-corrected chi connectivity index (χ1v) is 5.43. The molecule has 0 radical (unpaired) electrons. The molecule has 4 heteroatoms. The molecule has 15 heavy (non-hydrogen) atoms. The lowest BCUT2D eigenvalue weighted by Gasteiger charge is -2.37. The summed E-state index contributed by atoms with van der Waals surface area (Å²) >= 11 is 0. The Morgan fingerprint density at radius 2 is 2.20 bits per heavy atom. The molecule has 0 spiro atoms. The lowest BCUT2D eigenvalue weighted by Crippen LogP contribution is -2.53. The number of hydrogen-bond acceptors (Lipinski definition) is 3. The molecule has 1 aliphatic heterocycles. The number of para-hydroxylation sites is 1. The molecule has 1 saturated heterocycles. The molecule has 1 N–H and O–H groups in total. The molecule has 1 aromatic carbocycles. The van der Waals surface area contributed by atoms with Crippen LogP contribution in [0.3, 0.4) is 0 Å². The van der Waals surface area contributed by atoms with E-state index in [9.17, 15) is 0 Å². The normalized spacial score (nSPS) is 21.6. The van der Waals surface area contributed by atoms with Crippen molar-refractivity contribution in [3.05, 3.63) is 30.3 Å². The van der Waals surface area contributed by atoms with Crippen LogP contribution in [-0.4, -0.2) is 40.3 Å². The third kappa shape index (κ3) is 2.52. The van der Waals surface area contributed by atoms with Crippen molar-refractivity contribution in [1.82, 2.24) is 5.32 Å². The van der Waals surface area contributed by atoms with Crippen molar-refractivity contribution in [2.75, 3.05) is 31.1 Å². The summed E-state index contributed by atoms with van der Waals surface area (Å²) in [5.74, 6) is 0. The number of benzene rings is 1. The Bertz CT molecular complexity index is 292. The molecule has 1 heterocycles. The van der Waals surface area contributed by atoms with Gasteiger partial charge in [0, 0.05) is 31.9 Å². The van der Waals surface area contributed by atoms with E-state index >= 15 is 0 Å². The van der Waals surface area contributed by atoms with Crippen LogP contribution in [-0.2, 0) is 4.65 Å². The van der Waals surface area contributed by atoms with Crippen molar-refractivity contribution >= 4 is 13.7 Å². The molecule has 0 amide bonds. The summed E-state index contributed by atoms with van der Waals surface area (Å²) < 4.78 is 5.25. The number of anilines is 1. The van der Waals surface area contributed by atoms with Crippen molar-refractivity contribution in [2.45, 2.75) is 6.04 Å². The summed E-state index contributed by atoms with van der Waals surface area (Å²) in [5.41, 5.74) is 1.29. The summed E-state index contributed by atoms with van der Waals surface area (Å²) in [6, 6.07) is 11.0. The maximum absolute atomic E-state index is 5.25. The predicted molar refractivity (Wildman–Crippen MR) is 64.9 cm³/mol. The van der Waals surface area contributed by atoms with E-state index in [1.807, 2.05) is 0 Å². The topological polar surface area (TPSA) is 24.5 Å². The molecule has 2 rings (SSSR count). The molecule has 1 atom stereocenters. The summed E-state index contributed by atoms with van der Waals surface area (Å²) in [6.45, 7) is 3.89. The number of nitrogens with one attached hydrogen (secondary N) is 1. The highest BCUT2D eigenvalue weighted by Crippen LogP contribution is 2.17. The zero-order valence-electron chi connectivity index (χ0n) is 9.15. The Labute approximate surface area is 91.9 Å². The Morgan fingerprint density at radius 1 is 1.40 bits per heavy atom. The molecule has 1 fully saturated rings. The lowest BCUT2D eigenvalue weighted by atomic mass is 10.1. The van der Waals surface area contributed by atoms with Crippen LogP contribution < -0.4 is 10.2 Å². The van der Waals surface area contributed by atoms with E-state index < -0.39 is 0 Å². The number of rotatable bonds is 3. The number of piperazine rings is 1. The minimum absolute atomic E-state index is 0.450. The molecule has 3 nitrogen and oxygen atoms in total. The van der Waals surface area contributed by atoms with Crippen molar-refractivity contribution in [3.8, 4) is 0 Å². The van der Waals surface area contributed by atoms with Crippen LogP contribution in [0.25, 0.3) is 0 Å². The van der Waals surface area contributed by atoms with Crippen LogP contribution in [0.1, 0.15) is 0 Å². The summed E-state index contributed by atoms with van der Waals surface area (Å²) in [4.78, 5) is 2.42. The zero-order valence-corrected chi connectivity index (χ0v) is 9.15. The van der Waals surface area contributed by atoms with Crippen molar-refractivity contribution in [3.63, 3.8) is 0 Å². The molecule has 0 saturated carbocycles. The average molecular weight is 204 g/mol. The largest absolute Gasteiger partial charge is 0.442 e. The van der Waals surface area contributed by atoms with Gasteiger partial charge < -0.3 is 14.9 Å². The Balaban J connectivity index is 2.11. The van der Waals surface area contributed by atoms with Gasteiger partial charge in [-0.2, -0.15) is 0 Å². The Morgan fingerprint density at radius 3 is 2.93 bits per heavy atom. The SMILES string of the molecule is BOCC1CNCCN1c1ccccc1. The highest BCUT2D eigenvalue weighted by atomic mass is 16.4. The van der Waals surface area contributed by atoms with Crippen LogP contribution in [0.2, 0.25) is 0 Å². The summed E-state index contributed by atoms with van der Waals surface area (Å²) in [7, 11) is 1.76. The summed E-state index contributed by atoms with van der Waals surface area (Å²) in [6.07, 6.45) is 0. The molecule has 0 aliphatic carbocycles. The van der Waals surface area contributed by atoms with Gasteiger partial charge in [-0.1, -0.05) is 18.2 Å². The Hall–Kier alpha value is -0.995. The van der Waals surface area contributed by atoms with Gasteiger partial charge in [0.05, 0.1) is 6.04 Å². The molecule has 0 aromatic heterocycles. The van der Waals surface area contributed by atoms with Gasteiger partial charge >= 0.3 is 0 Å². The van der Waals surface area contributed by atoms with Crippen LogP contribution in [0, 0.1) is 0 Å². The fourth-order valence-electron chi connectivity index (χ4n) is 2.06. The van der Waals surface area contributed by atoms with Crippen LogP contribution in [0.4, 0.5) is 5.69 Å². The van der Waals surface area contributed by atoms with Crippen LogP contribution >= 0.6 is 0 Å². The average Bonchev–Trinajstić information content (AvgIpc) is 2.31. The third-order valence-electron chi connectivity index (χ3n) is 2.80. The van der Waals surface area contributed by atoms with Gasteiger partial charge in [0.25, 0.3) is 8.05 Å². The second-order valence-corrected chi connectivity index (χ2v) is 3.84. The molecule has 1 aromatic rings. The highest BCUT2D eigenvalue weighted by molar-refractivity contribution is 5.98. The number of nitrogens with zero attached hydrogens (tertiary/aromatic N) is 1. The van der Waals surface area contributed by atoms with Gasteiger partial charge in [0.15, 0.2) is 0 Å². The fourth-order valence-corrected chi connectivity index (χ4v) is 2.06. The predicted octanol–water partition coefficient (Wildman–Crippen LogP) is 0.0295. The van der Waals surface area contributed by atoms with E-state index in [4.69, 9.17) is 4.65 Å². The van der Waals surface area contributed by atoms with Gasteiger partial charge in [-0.25, -0.2) is 0 Å². The van der Waals surface area contributed by atoms with Gasteiger partial charge in [0.1, 0.15) is 0 Å². The molecule has 80 valence electrons. The van der Waals surface area contributed by atoms with E-state index in [1.165, 1.54) is 5.69 Å². The van der Waals surface area contributed by atoms with E-state index in [0.29, 0.717) is 6.04 Å². The molecular formula is C11H17BN2O. The van der Waals surface area contributed by atoms with Gasteiger partial charge in [-0.3, -0.25) is 0 Å². The highest BCUT2D eigenvalue weighted by Gasteiger charge is 2.21. The molecule has 1 unspecified atom stereocenters. The van der Waals surface area contributed by atoms with E-state index in [1.54, 1.807) is 8.05 Å². The quantitative estimate of drug-likeness (QED) is 0.703. The zero-order chi connectivity index (χ0) is 10.5. The van der Waals surface area contributed by atoms with Gasteiger partial charge in [0.2, 0.25) is 0 Å². The van der Waals surface area contributed by atoms with Crippen molar-refractivity contribution in [2.24, 2.45) is 0 Å². The molecule has 0 bridgehead atoms. The molecular weight excluding hydrogens is 187 g/mol. The van der Waals surface area contributed by atoms with Crippen LogP contribution in [0.15, 0.2) is 30.3 Å². The van der Waals surface area contributed by atoms with Crippen molar-refractivity contribution in [1.29, 1.82) is 0 Å². The first kappa shape index (κ1) is 10.5.